The molecule has 0 saturated heterocycles. The summed E-state index contributed by atoms with van der Waals surface area (Å²) in [6.07, 6.45) is 1.91. The van der Waals surface area contributed by atoms with Crippen molar-refractivity contribution in [2.24, 2.45) is 17.4 Å². The van der Waals surface area contributed by atoms with Gasteiger partial charge in [-0.15, -0.1) is 0 Å². The van der Waals surface area contributed by atoms with Crippen LogP contribution in [0.4, 0.5) is 0 Å². The molecule has 100 valence electrons. The van der Waals surface area contributed by atoms with Crippen LogP contribution >= 0.6 is 0 Å². The predicted molar refractivity (Wildman–Crippen MR) is 65.6 cm³/mol. The van der Waals surface area contributed by atoms with Crippen LogP contribution in [0.3, 0.4) is 0 Å². The van der Waals surface area contributed by atoms with Gasteiger partial charge in [-0.2, -0.15) is 0 Å². The monoisotopic (exact) mass is 254 g/mol. The van der Waals surface area contributed by atoms with Crippen molar-refractivity contribution < 1.29 is 19.8 Å². The highest BCUT2D eigenvalue weighted by atomic mass is 16.4. The Morgan fingerprint density at radius 3 is 2.28 bits per heavy atom. The van der Waals surface area contributed by atoms with Crippen molar-refractivity contribution in [2.45, 2.75) is 32.2 Å². The van der Waals surface area contributed by atoms with E-state index < -0.39 is 23.4 Å². The Morgan fingerprint density at radius 2 is 1.94 bits per heavy atom. The molecule has 0 heterocycles. The quantitative estimate of drug-likeness (QED) is 0.576. The summed E-state index contributed by atoms with van der Waals surface area (Å²) in [6, 6.07) is 0. The van der Waals surface area contributed by atoms with Crippen molar-refractivity contribution >= 4 is 11.9 Å². The number of rotatable bonds is 4. The molecule has 0 bridgehead atoms. The van der Waals surface area contributed by atoms with Crippen molar-refractivity contribution in [3.63, 3.8) is 0 Å². The van der Waals surface area contributed by atoms with Gasteiger partial charge in [0, 0.05) is 5.70 Å². The lowest BCUT2D eigenvalue weighted by molar-refractivity contribution is -0.142. The second kappa shape index (κ2) is 4.81. The van der Waals surface area contributed by atoms with Gasteiger partial charge in [-0.1, -0.05) is 13.8 Å². The molecule has 1 aliphatic rings. The molecule has 0 aromatic rings. The smallest absolute Gasteiger partial charge is 0.337 e. The number of hydrogen-bond donors (Lipinski definition) is 4. The van der Waals surface area contributed by atoms with Gasteiger partial charge in [-0.05, 0) is 24.5 Å². The fourth-order valence-electron chi connectivity index (χ4n) is 2.49. The van der Waals surface area contributed by atoms with E-state index in [1.807, 2.05) is 0 Å². The molecule has 0 spiro atoms. The molecule has 0 aliphatic heterocycles. The normalized spacial score (nSPS) is 27.9. The van der Waals surface area contributed by atoms with Crippen LogP contribution in [0.1, 0.15) is 26.7 Å². The van der Waals surface area contributed by atoms with Crippen LogP contribution in [-0.4, -0.2) is 27.7 Å². The van der Waals surface area contributed by atoms with E-state index in [4.69, 9.17) is 11.5 Å². The Labute approximate surface area is 105 Å². The van der Waals surface area contributed by atoms with Crippen LogP contribution in [0.2, 0.25) is 0 Å². The third-order valence-corrected chi connectivity index (χ3v) is 3.47. The van der Waals surface area contributed by atoms with Gasteiger partial charge in [0.2, 0.25) is 0 Å². The van der Waals surface area contributed by atoms with Gasteiger partial charge >= 0.3 is 11.9 Å². The van der Waals surface area contributed by atoms with Crippen LogP contribution in [0.15, 0.2) is 22.9 Å². The van der Waals surface area contributed by atoms with E-state index >= 15 is 0 Å². The molecular weight excluding hydrogens is 236 g/mol. The molecule has 0 saturated carbocycles. The lowest BCUT2D eigenvalue weighted by Gasteiger charge is -2.39. The number of nitrogens with two attached hydrogens (primary N) is 2. The highest BCUT2D eigenvalue weighted by Gasteiger charge is 2.45. The van der Waals surface area contributed by atoms with E-state index in [0.29, 0.717) is 18.4 Å². The van der Waals surface area contributed by atoms with Gasteiger partial charge in [0.05, 0.1) is 17.0 Å². The van der Waals surface area contributed by atoms with Gasteiger partial charge in [-0.3, -0.25) is 4.79 Å². The summed E-state index contributed by atoms with van der Waals surface area (Å²) in [4.78, 5) is 22.5. The van der Waals surface area contributed by atoms with Crippen LogP contribution in [0, 0.1) is 5.92 Å². The molecule has 1 aliphatic carbocycles. The first-order valence-corrected chi connectivity index (χ1v) is 5.75. The Kier molecular flexibility index (Phi) is 3.81. The Bertz CT molecular complexity index is 453. The Morgan fingerprint density at radius 1 is 1.39 bits per heavy atom. The van der Waals surface area contributed by atoms with E-state index in [1.54, 1.807) is 13.8 Å². The number of aliphatic carboxylic acids is 2. The second-order valence-corrected chi connectivity index (χ2v) is 4.34. The Balaban J connectivity index is 3.52. The molecule has 0 fully saturated rings. The van der Waals surface area contributed by atoms with Gasteiger partial charge in [0.15, 0.2) is 0 Å². The zero-order valence-electron chi connectivity index (χ0n) is 10.4. The first-order valence-electron chi connectivity index (χ1n) is 5.75. The molecule has 2 unspecified atom stereocenters. The fourth-order valence-corrected chi connectivity index (χ4v) is 2.49. The first kappa shape index (κ1) is 14.2. The predicted octanol–water partition coefficient (Wildman–Crippen LogP) is 0.442. The molecule has 0 aromatic carbocycles. The molecule has 6 heteroatoms. The topological polar surface area (TPSA) is 127 Å². The van der Waals surface area contributed by atoms with Gasteiger partial charge in [-0.25, -0.2) is 4.79 Å². The summed E-state index contributed by atoms with van der Waals surface area (Å²) >= 11 is 0. The summed E-state index contributed by atoms with van der Waals surface area (Å²) in [5, 5.41) is 18.4. The molecule has 0 amide bonds. The zero-order chi connectivity index (χ0) is 14.1. The van der Waals surface area contributed by atoms with Gasteiger partial charge in [0.25, 0.3) is 0 Å². The van der Waals surface area contributed by atoms with Crippen molar-refractivity contribution in [2.75, 3.05) is 0 Å². The highest BCUT2D eigenvalue weighted by Crippen LogP contribution is 2.38. The maximum Gasteiger partial charge on any atom is 0.337 e. The summed E-state index contributed by atoms with van der Waals surface area (Å²) in [7, 11) is 0. The molecule has 0 radical (unpaired) electrons. The Hall–Kier alpha value is -1.82. The van der Waals surface area contributed by atoms with E-state index in [2.05, 4.69) is 0 Å². The van der Waals surface area contributed by atoms with Crippen LogP contribution < -0.4 is 11.5 Å². The average Bonchev–Trinajstić information content (AvgIpc) is 2.30. The minimum Gasteiger partial charge on any atom is -0.481 e. The second-order valence-electron chi connectivity index (χ2n) is 4.34. The zero-order valence-corrected chi connectivity index (χ0v) is 10.4. The first-order chi connectivity index (χ1) is 8.29. The number of hydrogen-bond acceptors (Lipinski definition) is 4. The third-order valence-electron chi connectivity index (χ3n) is 3.47. The van der Waals surface area contributed by atoms with Crippen molar-refractivity contribution in [1.29, 1.82) is 0 Å². The molecule has 2 atom stereocenters. The molecule has 0 aromatic heterocycles. The lowest BCUT2D eigenvalue weighted by atomic mass is 9.69. The van der Waals surface area contributed by atoms with Crippen LogP contribution in [-0.2, 0) is 9.59 Å². The maximum atomic E-state index is 11.3. The molecule has 6 nitrogen and oxygen atoms in total. The molecule has 6 N–H and O–H groups in total. The van der Waals surface area contributed by atoms with Crippen LogP contribution in [0.25, 0.3) is 0 Å². The van der Waals surface area contributed by atoms with E-state index in [1.165, 1.54) is 6.08 Å². The number of carbonyl (C=O) groups is 2. The number of carboxylic acid groups (broad SMARTS) is 2. The summed E-state index contributed by atoms with van der Waals surface area (Å²) in [6.45, 7) is 3.48. The molecule has 1 rings (SSSR count). The van der Waals surface area contributed by atoms with E-state index in [-0.39, 0.29) is 11.3 Å². The van der Waals surface area contributed by atoms with Crippen molar-refractivity contribution in [1.82, 2.24) is 0 Å². The highest BCUT2D eigenvalue weighted by molar-refractivity contribution is 5.94. The van der Waals surface area contributed by atoms with Gasteiger partial charge in [0.1, 0.15) is 0 Å². The minimum atomic E-state index is -1.20. The molecular formula is C12H18N2O4. The van der Waals surface area contributed by atoms with Crippen molar-refractivity contribution in [3.8, 4) is 0 Å². The maximum absolute atomic E-state index is 11.3. The SMILES string of the molecule is CCC1=C(C(=O)O)C(N)=CC(C(=O)O)C1(N)CC. The van der Waals surface area contributed by atoms with Crippen molar-refractivity contribution in [3.05, 3.63) is 22.9 Å². The summed E-state index contributed by atoms with van der Waals surface area (Å²) < 4.78 is 0. The van der Waals surface area contributed by atoms with Gasteiger partial charge < -0.3 is 21.7 Å². The largest absolute Gasteiger partial charge is 0.481 e. The number of carboxylic acids is 2. The summed E-state index contributed by atoms with van der Waals surface area (Å²) in [5.41, 5.74) is 10.9. The third kappa shape index (κ3) is 1.99. The lowest BCUT2D eigenvalue weighted by Crippen LogP contribution is -2.53. The average molecular weight is 254 g/mol. The van der Waals surface area contributed by atoms with Crippen LogP contribution in [0.5, 0.6) is 0 Å². The summed E-state index contributed by atoms with van der Waals surface area (Å²) in [5.74, 6) is -3.27. The molecule has 18 heavy (non-hydrogen) atoms. The van der Waals surface area contributed by atoms with E-state index in [9.17, 15) is 19.8 Å². The fraction of sp³-hybridized carbons (Fsp3) is 0.500. The minimum absolute atomic E-state index is 0.0266. The standard InChI is InChI=1S/C12H18N2O4/c1-3-6-9(11(17)18)8(13)5-7(10(15)16)12(6,14)4-2/h5,7H,3-4,13-14H2,1-2H3,(H,15,16)(H,17,18). The van der Waals surface area contributed by atoms with E-state index in [0.717, 1.165) is 0 Å².